The van der Waals surface area contributed by atoms with E-state index in [1.807, 2.05) is 0 Å². The maximum absolute atomic E-state index is 12.9. The summed E-state index contributed by atoms with van der Waals surface area (Å²) in [5, 5.41) is 35.2. The number of unbranched alkanes of at least 4 members (excludes halogenated alkanes) is 11. The molecule has 0 radical (unpaired) electrons. The number of nitrogens with zero attached hydrogens (tertiary/aromatic N) is 2. The molecule has 2 aliphatic heterocycles. The van der Waals surface area contributed by atoms with Gasteiger partial charge in [0, 0.05) is 29.4 Å². The largest absolute Gasteiger partial charge is 0.716 e. The van der Waals surface area contributed by atoms with E-state index in [-0.39, 0.29) is 19.6 Å². The quantitative estimate of drug-likeness (QED) is 0.105. The van der Waals surface area contributed by atoms with E-state index in [1.54, 1.807) is 6.92 Å². The van der Waals surface area contributed by atoms with E-state index in [9.17, 15) is 29.5 Å². The van der Waals surface area contributed by atoms with Crippen LogP contribution >= 0.6 is 8.25 Å². The molecule has 0 spiro atoms. The molecule has 0 bridgehead atoms. The molecule has 0 saturated carbocycles. The van der Waals surface area contributed by atoms with E-state index in [0.717, 1.165) is 36.3 Å². The molecule has 43 heavy (non-hydrogen) atoms. The third kappa shape index (κ3) is 9.48. The number of hydrogen-bond donors (Lipinski definition) is 5. The zero-order valence-electron chi connectivity index (χ0n) is 25.6. The van der Waals surface area contributed by atoms with Crippen LogP contribution in [-0.2, 0) is 24.2 Å². The van der Waals surface area contributed by atoms with Crippen molar-refractivity contribution < 1.29 is 33.8 Å². The molecule has 0 aromatic carbocycles. The molecule has 246 valence electrons. The fourth-order valence-electron chi connectivity index (χ4n) is 6.29. The molecule has 4 unspecified atom stereocenters. The molecule has 1 aromatic rings. The SMILES string of the molecule is CCCCCCCCCCCCCC[C@@]1(n2ccc(=O)[nH]c2=O)O[C@H](C(O)C2C(N)CCN2O[P+](=O)OCC)[C@@H](O)[C@H]1O. The number of H-pyrrole nitrogens is 1. The van der Waals surface area contributed by atoms with Crippen LogP contribution in [0.1, 0.15) is 104 Å². The molecule has 0 aliphatic carbocycles. The van der Waals surface area contributed by atoms with Crippen molar-refractivity contribution in [1.29, 1.82) is 0 Å². The summed E-state index contributed by atoms with van der Waals surface area (Å²) in [6.45, 7) is 4.30. The van der Waals surface area contributed by atoms with Crippen molar-refractivity contribution in [2.45, 2.75) is 146 Å². The number of hydrogen-bond acceptors (Lipinski definition) is 11. The normalized spacial score (nSPS) is 28.9. The molecule has 2 saturated heterocycles. The molecule has 0 amide bonds. The summed E-state index contributed by atoms with van der Waals surface area (Å²) >= 11 is 0. The predicted octanol–water partition coefficient (Wildman–Crippen LogP) is 2.79. The molecule has 2 aliphatic rings. The second-order valence-corrected chi connectivity index (χ2v) is 12.6. The zero-order valence-corrected chi connectivity index (χ0v) is 26.5. The highest BCUT2D eigenvalue weighted by Crippen LogP contribution is 2.42. The Morgan fingerprint density at radius 3 is 2.26 bits per heavy atom. The molecule has 3 rings (SSSR count). The van der Waals surface area contributed by atoms with Gasteiger partial charge in [0.05, 0.1) is 6.04 Å². The Labute approximate surface area is 254 Å². The van der Waals surface area contributed by atoms with Gasteiger partial charge in [0.2, 0.25) is 0 Å². The monoisotopic (exact) mass is 631 g/mol. The number of nitrogens with one attached hydrogen (secondary N) is 1. The maximum atomic E-state index is 12.9. The van der Waals surface area contributed by atoms with Crippen LogP contribution in [0.3, 0.4) is 0 Å². The van der Waals surface area contributed by atoms with Gasteiger partial charge in [-0.05, 0) is 30.8 Å². The Balaban J connectivity index is 1.67. The lowest BCUT2D eigenvalue weighted by Gasteiger charge is -2.35. The molecule has 8 atom stereocenters. The van der Waals surface area contributed by atoms with Crippen molar-refractivity contribution in [1.82, 2.24) is 14.6 Å². The second kappa shape index (κ2) is 17.8. The maximum Gasteiger partial charge on any atom is 0.716 e. The fourth-order valence-corrected chi connectivity index (χ4v) is 6.91. The first-order valence-corrected chi connectivity index (χ1v) is 17.1. The van der Waals surface area contributed by atoms with Crippen LogP contribution in [0.4, 0.5) is 0 Å². The summed E-state index contributed by atoms with van der Waals surface area (Å²) < 4.78 is 29.8. The number of nitrogens with two attached hydrogens (primary N) is 1. The minimum atomic E-state index is -2.50. The number of hydroxylamine groups is 2. The number of aliphatic hydroxyl groups is 3. The summed E-state index contributed by atoms with van der Waals surface area (Å²) in [7, 11) is -2.50. The van der Waals surface area contributed by atoms with Gasteiger partial charge in [0.1, 0.15) is 31.0 Å². The number of aromatic nitrogens is 2. The van der Waals surface area contributed by atoms with Crippen molar-refractivity contribution in [3.05, 3.63) is 33.1 Å². The lowest BCUT2D eigenvalue weighted by Crippen LogP contribution is -2.54. The van der Waals surface area contributed by atoms with E-state index < -0.39 is 61.7 Å². The number of aromatic amines is 1. The average molecular weight is 632 g/mol. The first-order valence-electron chi connectivity index (χ1n) is 16.0. The average Bonchev–Trinajstić information content (AvgIpc) is 3.45. The van der Waals surface area contributed by atoms with Crippen LogP contribution < -0.4 is 17.0 Å². The Kier molecular flexibility index (Phi) is 14.9. The molecule has 13 nitrogen and oxygen atoms in total. The van der Waals surface area contributed by atoms with Crippen LogP contribution in [0.5, 0.6) is 0 Å². The molecule has 6 N–H and O–H groups in total. The van der Waals surface area contributed by atoms with Gasteiger partial charge in [0.25, 0.3) is 5.56 Å². The van der Waals surface area contributed by atoms with Crippen molar-refractivity contribution >= 4 is 8.25 Å². The highest BCUT2D eigenvalue weighted by atomic mass is 31.1. The number of ether oxygens (including phenoxy) is 1. The number of aliphatic hydroxyl groups excluding tert-OH is 3. The predicted molar refractivity (Wildman–Crippen MR) is 161 cm³/mol. The van der Waals surface area contributed by atoms with Crippen LogP contribution in [-0.4, -0.2) is 79.6 Å². The van der Waals surface area contributed by atoms with Gasteiger partial charge in [-0.1, -0.05) is 77.6 Å². The van der Waals surface area contributed by atoms with E-state index in [0.29, 0.717) is 12.8 Å². The van der Waals surface area contributed by atoms with Gasteiger partial charge in [-0.2, -0.15) is 0 Å². The zero-order chi connectivity index (χ0) is 31.4. The van der Waals surface area contributed by atoms with Crippen LogP contribution in [0, 0.1) is 0 Å². The number of rotatable bonds is 20. The van der Waals surface area contributed by atoms with Crippen molar-refractivity contribution in [2.75, 3.05) is 13.2 Å². The third-order valence-electron chi connectivity index (χ3n) is 8.63. The van der Waals surface area contributed by atoms with Crippen LogP contribution in [0.15, 0.2) is 21.9 Å². The minimum Gasteiger partial charge on any atom is -0.389 e. The van der Waals surface area contributed by atoms with E-state index in [1.165, 1.54) is 56.2 Å². The van der Waals surface area contributed by atoms with Crippen molar-refractivity contribution in [3.63, 3.8) is 0 Å². The fraction of sp³-hybridized carbons (Fsp3) is 0.862. The van der Waals surface area contributed by atoms with E-state index in [4.69, 9.17) is 19.6 Å². The van der Waals surface area contributed by atoms with Crippen LogP contribution in [0.25, 0.3) is 0 Å². The molecular weight excluding hydrogens is 579 g/mol. The lowest BCUT2D eigenvalue weighted by molar-refractivity contribution is -0.190. The second-order valence-electron chi connectivity index (χ2n) is 11.8. The summed E-state index contributed by atoms with van der Waals surface area (Å²) in [4.78, 5) is 26.9. The van der Waals surface area contributed by atoms with Gasteiger partial charge >= 0.3 is 13.9 Å². The Morgan fingerprint density at radius 1 is 1.07 bits per heavy atom. The standard InChI is InChI=1S/C29H51N4O9P/c1-3-5-6-7-8-9-10-11-12-13-14-15-18-29(32-19-17-22(34)31-28(32)38)27(37)25(36)26(41-29)24(35)23-21(30)16-20-33(23)42-43(39)40-4-2/h17,19,21,23-27,35-37H,3-16,18,20,30H2,1-2H3/p+1/t21?,23?,24?,25-,26-,27-,29-/m1/s1. The molecule has 2 fully saturated rings. The Hall–Kier alpha value is -1.54. The van der Waals surface area contributed by atoms with Gasteiger partial charge in [-0.25, -0.2) is 4.79 Å². The van der Waals surface area contributed by atoms with Gasteiger partial charge in [-0.3, -0.25) is 14.3 Å². The molecule has 1 aromatic heterocycles. The van der Waals surface area contributed by atoms with E-state index in [2.05, 4.69) is 11.9 Å². The Morgan fingerprint density at radius 2 is 1.67 bits per heavy atom. The minimum absolute atomic E-state index is 0.158. The first kappa shape index (κ1) is 35.9. The summed E-state index contributed by atoms with van der Waals surface area (Å²) in [5.74, 6) is 0. The van der Waals surface area contributed by atoms with Gasteiger partial charge in [0.15, 0.2) is 5.72 Å². The van der Waals surface area contributed by atoms with E-state index >= 15 is 0 Å². The highest BCUT2D eigenvalue weighted by molar-refractivity contribution is 7.33. The third-order valence-corrected chi connectivity index (χ3v) is 9.44. The smallest absolute Gasteiger partial charge is 0.389 e. The molecule has 14 heteroatoms. The summed E-state index contributed by atoms with van der Waals surface area (Å²) in [6, 6.07) is -0.402. The van der Waals surface area contributed by atoms with Crippen molar-refractivity contribution in [2.24, 2.45) is 5.73 Å². The van der Waals surface area contributed by atoms with Gasteiger partial charge in [-0.15, -0.1) is 9.59 Å². The lowest BCUT2D eigenvalue weighted by atomic mass is 9.92. The van der Waals surface area contributed by atoms with Crippen molar-refractivity contribution in [3.8, 4) is 0 Å². The molecule has 3 heterocycles. The highest BCUT2D eigenvalue weighted by Gasteiger charge is 2.60. The topological polar surface area (TPSA) is 190 Å². The Bertz CT molecular complexity index is 1100. The summed E-state index contributed by atoms with van der Waals surface area (Å²) in [6.07, 6.45) is 9.25. The summed E-state index contributed by atoms with van der Waals surface area (Å²) in [5.41, 5.74) is 3.11. The first-order chi connectivity index (χ1) is 20.7. The van der Waals surface area contributed by atoms with Crippen LogP contribution in [0.2, 0.25) is 0 Å². The molecular formula is C29H52N4O9P+. The van der Waals surface area contributed by atoms with Gasteiger partial charge < -0.3 is 25.8 Å².